The number of nitrogens with zero attached hydrogens (tertiary/aromatic N) is 1. The second-order valence-corrected chi connectivity index (χ2v) is 5.64. The molecule has 0 aliphatic rings. The zero-order valence-electron chi connectivity index (χ0n) is 9.57. The summed E-state index contributed by atoms with van der Waals surface area (Å²) in [4.78, 5) is 5.35. The first-order chi connectivity index (χ1) is 8.69. The minimum atomic E-state index is 0.614. The number of rotatable bonds is 4. The van der Waals surface area contributed by atoms with Gasteiger partial charge >= 0.3 is 0 Å². The Kier molecular flexibility index (Phi) is 4.89. The van der Waals surface area contributed by atoms with Crippen molar-refractivity contribution in [3.63, 3.8) is 0 Å². The summed E-state index contributed by atoms with van der Waals surface area (Å²) in [6, 6.07) is 9.54. The van der Waals surface area contributed by atoms with Crippen LogP contribution in [0.25, 0.3) is 0 Å². The maximum atomic E-state index is 6.02. The van der Waals surface area contributed by atoms with Gasteiger partial charge in [-0.3, -0.25) is 0 Å². The molecule has 0 amide bonds. The van der Waals surface area contributed by atoms with Crippen LogP contribution < -0.4 is 5.73 Å². The third-order valence-electron chi connectivity index (χ3n) is 2.36. The van der Waals surface area contributed by atoms with Gasteiger partial charge in [0.2, 0.25) is 0 Å². The molecule has 0 saturated carbocycles. The van der Waals surface area contributed by atoms with Gasteiger partial charge in [-0.1, -0.05) is 41.0 Å². The van der Waals surface area contributed by atoms with E-state index in [0.29, 0.717) is 16.6 Å². The van der Waals surface area contributed by atoms with Crippen LogP contribution in [0.2, 0.25) is 10.0 Å². The molecule has 1 aromatic carbocycles. The number of aromatic nitrogens is 1. The Morgan fingerprint density at radius 3 is 2.56 bits per heavy atom. The van der Waals surface area contributed by atoms with Crippen molar-refractivity contribution in [2.24, 2.45) is 5.73 Å². The number of hydrogen-bond acceptors (Lipinski definition) is 3. The molecule has 0 aliphatic heterocycles. The number of pyridine rings is 1. The van der Waals surface area contributed by atoms with Gasteiger partial charge in [0, 0.05) is 16.1 Å². The van der Waals surface area contributed by atoms with Crippen LogP contribution in [-0.2, 0) is 6.42 Å². The van der Waals surface area contributed by atoms with Crippen molar-refractivity contribution in [3.8, 4) is 0 Å². The van der Waals surface area contributed by atoms with E-state index < -0.39 is 0 Å². The highest BCUT2D eigenvalue weighted by Gasteiger charge is 2.06. The quantitative estimate of drug-likeness (QED) is 0.926. The largest absolute Gasteiger partial charge is 0.330 e. The average molecular weight is 299 g/mol. The molecule has 1 heterocycles. The molecular weight excluding hydrogens is 287 g/mol. The van der Waals surface area contributed by atoms with Crippen molar-refractivity contribution in [2.75, 3.05) is 6.54 Å². The van der Waals surface area contributed by atoms with Crippen LogP contribution in [0.1, 0.15) is 5.56 Å². The minimum Gasteiger partial charge on any atom is -0.330 e. The highest BCUT2D eigenvalue weighted by atomic mass is 35.5. The molecular formula is C13H12Cl2N2S. The fourth-order valence-corrected chi connectivity index (χ4v) is 2.82. The third-order valence-corrected chi connectivity index (χ3v) is 3.87. The molecule has 1 aromatic heterocycles. The van der Waals surface area contributed by atoms with Gasteiger partial charge in [-0.05, 0) is 42.8 Å². The Hall–Kier alpha value is -0.740. The maximum Gasteiger partial charge on any atom is 0.101 e. The van der Waals surface area contributed by atoms with Crippen LogP contribution in [0.5, 0.6) is 0 Å². The summed E-state index contributed by atoms with van der Waals surface area (Å²) in [6.45, 7) is 0.614. The summed E-state index contributed by atoms with van der Waals surface area (Å²) in [5, 5.41) is 2.24. The Morgan fingerprint density at radius 2 is 1.89 bits per heavy atom. The zero-order chi connectivity index (χ0) is 13.0. The maximum absolute atomic E-state index is 6.02. The number of nitrogens with two attached hydrogens (primary N) is 1. The van der Waals surface area contributed by atoms with Gasteiger partial charge in [0.25, 0.3) is 0 Å². The molecule has 0 aliphatic carbocycles. The number of benzene rings is 1. The van der Waals surface area contributed by atoms with Crippen molar-refractivity contribution < 1.29 is 0 Å². The van der Waals surface area contributed by atoms with Crippen LogP contribution >= 0.6 is 35.0 Å². The minimum absolute atomic E-state index is 0.614. The number of hydrogen-bond donors (Lipinski definition) is 1. The molecule has 0 unspecified atom stereocenters. The first-order valence-corrected chi connectivity index (χ1v) is 7.04. The van der Waals surface area contributed by atoms with E-state index in [4.69, 9.17) is 28.9 Å². The predicted octanol–water partition coefficient (Wildman–Crippen LogP) is 4.04. The molecule has 0 saturated heterocycles. The van der Waals surface area contributed by atoms with Crippen molar-refractivity contribution >= 4 is 35.0 Å². The van der Waals surface area contributed by atoms with E-state index in [2.05, 4.69) is 4.98 Å². The van der Waals surface area contributed by atoms with Gasteiger partial charge in [0.15, 0.2) is 0 Å². The van der Waals surface area contributed by atoms with Gasteiger partial charge in [-0.2, -0.15) is 0 Å². The van der Waals surface area contributed by atoms with E-state index in [1.165, 1.54) is 5.56 Å². The van der Waals surface area contributed by atoms with Crippen molar-refractivity contribution in [1.82, 2.24) is 4.98 Å². The van der Waals surface area contributed by atoms with E-state index >= 15 is 0 Å². The van der Waals surface area contributed by atoms with Gasteiger partial charge in [-0.15, -0.1) is 0 Å². The lowest BCUT2D eigenvalue weighted by Crippen LogP contribution is -2.03. The van der Waals surface area contributed by atoms with E-state index in [-0.39, 0.29) is 0 Å². The molecule has 94 valence electrons. The van der Waals surface area contributed by atoms with Gasteiger partial charge in [0.05, 0.1) is 5.02 Å². The highest BCUT2D eigenvalue weighted by Crippen LogP contribution is 2.31. The van der Waals surface area contributed by atoms with Crippen molar-refractivity contribution in [3.05, 3.63) is 52.1 Å². The summed E-state index contributed by atoms with van der Waals surface area (Å²) in [5.74, 6) is 0. The highest BCUT2D eigenvalue weighted by molar-refractivity contribution is 7.99. The van der Waals surface area contributed by atoms with E-state index in [9.17, 15) is 0 Å². The second-order valence-electron chi connectivity index (χ2n) is 3.71. The molecule has 2 aromatic rings. The van der Waals surface area contributed by atoms with E-state index in [0.717, 1.165) is 16.3 Å². The summed E-state index contributed by atoms with van der Waals surface area (Å²) < 4.78 is 0. The molecule has 2 rings (SSSR count). The van der Waals surface area contributed by atoms with Gasteiger partial charge in [0.1, 0.15) is 5.03 Å². The summed E-state index contributed by atoms with van der Waals surface area (Å²) in [7, 11) is 0. The zero-order valence-corrected chi connectivity index (χ0v) is 11.9. The van der Waals surface area contributed by atoms with Crippen LogP contribution in [-0.4, -0.2) is 11.5 Å². The summed E-state index contributed by atoms with van der Waals surface area (Å²) in [6.07, 6.45) is 2.46. The first-order valence-electron chi connectivity index (χ1n) is 5.47. The fourth-order valence-electron chi connectivity index (χ4n) is 1.52. The molecule has 0 spiro atoms. The average Bonchev–Trinajstić information content (AvgIpc) is 2.36. The van der Waals surface area contributed by atoms with E-state index in [1.54, 1.807) is 18.0 Å². The Labute approximate surface area is 121 Å². The molecule has 0 atom stereocenters. The van der Waals surface area contributed by atoms with Gasteiger partial charge in [-0.25, -0.2) is 4.98 Å². The lowest BCUT2D eigenvalue weighted by atomic mass is 10.1. The fraction of sp³-hybridized carbons (Fsp3) is 0.154. The normalized spacial score (nSPS) is 10.6. The summed E-state index contributed by atoms with van der Waals surface area (Å²) >= 11 is 13.4. The molecule has 2 nitrogen and oxygen atoms in total. The Morgan fingerprint density at radius 1 is 1.11 bits per heavy atom. The molecule has 18 heavy (non-hydrogen) atoms. The molecule has 0 bridgehead atoms. The van der Waals surface area contributed by atoms with Crippen LogP contribution in [0.4, 0.5) is 0 Å². The predicted molar refractivity (Wildman–Crippen MR) is 77.6 cm³/mol. The van der Waals surface area contributed by atoms with Gasteiger partial charge < -0.3 is 5.73 Å². The van der Waals surface area contributed by atoms with E-state index in [1.807, 2.05) is 30.3 Å². The van der Waals surface area contributed by atoms with Crippen LogP contribution in [0.3, 0.4) is 0 Å². The van der Waals surface area contributed by atoms with Crippen LogP contribution in [0.15, 0.2) is 46.5 Å². The summed E-state index contributed by atoms with van der Waals surface area (Å²) in [5.41, 5.74) is 6.79. The topological polar surface area (TPSA) is 38.9 Å². The van der Waals surface area contributed by atoms with Crippen molar-refractivity contribution in [1.29, 1.82) is 0 Å². The van der Waals surface area contributed by atoms with Crippen LogP contribution in [0, 0.1) is 0 Å². The Bertz CT molecular complexity index is 529. The third kappa shape index (κ3) is 3.62. The molecule has 0 fully saturated rings. The SMILES string of the molecule is NCCc1ccc(Cl)cc1Sc1ccc(Cl)cn1. The number of halogens is 2. The van der Waals surface area contributed by atoms with Crippen molar-refractivity contribution in [2.45, 2.75) is 16.3 Å². The lowest BCUT2D eigenvalue weighted by molar-refractivity contribution is 0.943. The monoisotopic (exact) mass is 298 g/mol. The molecule has 5 heteroatoms. The molecule has 2 N–H and O–H groups in total. The second kappa shape index (κ2) is 6.43. The molecule has 0 radical (unpaired) electrons. The standard InChI is InChI=1S/C13H12Cl2N2S/c14-10-2-1-9(5-6-16)12(7-10)18-13-4-3-11(15)8-17-13/h1-4,7-8H,5-6,16H2. The smallest absolute Gasteiger partial charge is 0.101 e. The Balaban J connectivity index is 2.26. The lowest BCUT2D eigenvalue weighted by Gasteiger charge is -2.08. The first kappa shape index (κ1) is 13.7.